The van der Waals surface area contributed by atoms with Crippen molar-refractivity contribution in [2.45, 2.75) is 91.9 Å². The molecule has 0 aliphatic carbocycles. The molecule has 0 aromatic carbocycles. The van der Waals surface area contributed by atoms with Crippen LogP contribution in [0.25, 0.3) is 6.08 Å². The lowest BCUT2D eigenvalue weighted by atomic mass is 9.73. The van der Waals surface area contributed by atoms with E-state index in [0.717, 1.165) is 35.5 Å². The zero-order valence-corrected chi connectivity index (χ0v) is 21.6. The molecule has 7 heteroatoms. The number of carbonyl (C=O) groups excluding carboxylic acids is 2. The van der Waals surface area contributed by atoms with Crippen LogP contribution in [0, 0.1) is 24.2 Å². The summed E-state index contributed by atoms with van der Waals surface area (Å²) in [6, 6.07) is -0.227. The van der Waals surface area contributed by atoms with Gasteiger partial charge in [-0.15, -0.1) is 11.3 Å². The summed E-state index contributed by atoms with van der Waals surface area (Å²) in [6.07, 6.45) is 7.29. The van der Waals surface area contributed by atoms with Gasteiger partial charge in [0.1, 0.15) is 5.78 Å². The number of allylic oxidation sites excluding steroid dienone is 1. The number of aliphatic hydroxyl groups is 2. The first-order valence-electron chi connectivity index (χ1n) is 11.9. The van der Waals surface area contributed by atoms with Crippen molar-refractivity contribution in [3.8, 4) is 0 Å². The highest BCUT2D eigenvalue weighted by atomic mass is 32.1. The van der Waals surface area contributed by atoms with Crippen molar-refractivity contribution in [1.82, 2.24) is 10.3 Å². The predicted molar refractivity (Wildman–Crippen MR) is 134 cm³/mol. The Morgan fingerprint density at radius 3 is 2.58 bits per heavy atom. The minimum absolute atomic E-state index is 0.0269. The van der Waals surface area contributed by atoms with Gasteiger partial charge in [-0.25, -0.2) is 4.98 Å². The van der Waals surface area contributed by atoms with Gasteiger partial charge < -0.3 is 15.5 Å². The van der Waals surface area contributed by atoms with Gasteiger partial charge in [-0.2, -0.15) is 0 Å². The normalized spacial score (nSPS) is 31.8. The van der Waals surface area contributed by atoms with Crippen molar-refractivity contribution in [3.05, 3.63) is 33.8 Å². The molecule has 0 saturated carbocycles. The Morgan fingerprint density at radius 2 is 1.94 bits per heavy atom. The molecule has 0 fully saturated rings. The number of rotatable bonds is 2. The Morgan fingerprint density at radius 1 is 1.24 bits per heavy atom. The van der Waals surface area contributed by atoms with Crippen LogP contribution in [0.15, 0.2) is 23.1 Å². The summed E-state index contributed by atoms with van der Waals surface area (Å²) >= 11 is 1.58. The van der Waals surface area contributed by atoms with Gasteiger partial charge in [-0.05, 0) is 57.1 Å². The summed E-state index contributed by atoms with van der Waals surface area (Å²) < 4.78 is 0. The van der Waals surface area contributed by atoms with E-state index in [1.165, 1.54) is 0 Å². The number of aromatic nitrogens is 1. The Balaban J connectivity index is 2.27. The number of carbonyl (C=O) groups is 2. The second-order valence-electron chi connectivity index (χ2n) is 10.0. The molecule has 0 bridgehead atoms. The number of aliphatic hydroxyl groups excluding tert-OH is 2. The van der Waals surface area contributed by atoms with E-state index in [9.17, 15) is 19.8 Å². The topological polar surface area (TPSA) is 99.5 Å². The molecule has 1 amide bonds. The lowest BCUT2D eigenvalue weighted by molar-refractivity contribution is -0.143. The van der Waals surface area contributed by atoms with Gasteiger partial charge in [-0.1, -0.05) is 39.8 Å². The summed E-state index contributed by atoms with van der Waals surface area (Å²) in [7, 11) is 0. The fraction of sp³-hybridized carbons (Fsp3) is 0.654. The zero-order chi connectivity index (χ0) is 24.8. The molecule has 0 saturated heterocycles. The predicted octanol–water partition coefficient (Wildman–Crippen LogP) is 4.45. The molecule has 5 atom stereocenters. The first-order chi connectivity index (χ1) is 15.4. The molecule has 0 spiro atoms. The van der Waals surface area contributed by atoms with Gasteiger partial charge in [0, 0.05) is 11.3 Å². The van der Waals surface area contributed by atoms with Crippen molar-refractivity contribution < 1.29 is 19.8 Å². The van der Waals surface area contributed by atoms with E-state index in [1.807, 2.05) is 32.2 Å². The Kier molecular flexibility index (Phi) is 10.0. The van der Waals surface area contributed by atoms with E-state index in [2.05, 4.69) is 22.5 Å². The van der Waals surface area contributed by atoms with Gasteiger partial charge in [0.25, 0.3) is 0 Å². The van der Waals surface area contributed by atoms with Crippen LogP contribution in [0.4, 0.5) is 0 Å². The van der Waals surface area contributed by atoms with Crippen LogP contribution >= 0.6 is 11.3 Å². The van der Waals surface area contributed by atoms with Crippen molar-refractivity contribution in [3.63, 3.8) is 0 Å². The first kappa shape index (κ1) is 27.4. The van der Waals surface area contributed by atoms with Crippen molar-refractivity contribution in [1.29, 1.82) is 0 Å². The van der Waals surface area contributed by atoms with Gasteiger partial charge in [0.15, 0.2) is 0 Å². The molecule has 0 radical (unpaired) electrons. The second kappa shape index (κ2) is 12.0. The van der Waals surface area contributed by atoms with Gasteiger partial charge >= 0.3 is 0 Å². The molecule has 1 aromatic rings. The van der Waals surface area contributed by atoms with Crippen molar-refractivity contribution in [2.75, 3.05) is 0 Å². The Hall–Kier alpha value is -1.83. The highest BCUT2D eigenvalue weighted by molar-refractivity contribution is 7.09. The van der Waals surface area contributed by atoms with E-state index >= 15 is 0 Å². The molecule has 184 valence electrons. The van der Waals surface area contributed by atoms with E-state index in [-0.39, 0.29) is 30.1 Å². The molecule has 2 rings (SSSR count). The highest BCUT2D eigenvalue weighted by Gasteiger charge is 2.42. The number of Topliss-reactive ketones (excluding diaryl/α,β-unsaturated/α-hetero) is 1. The van der Waals surface area contributed by atoms with Crippen LogP contribution in [-0.4, -0.2) is 45.1 Å². The number of amides is 1. The van der Waals surface area contributed by atoms with E-state index < -0.39 is 23.5 Å². The molecule has 3 N–H and O–H groups in total. The van der Waals surface area contributed by atoms with Crippen molar-refractivity contribution in [2.24, 2.45) is 17.3 Å². The zero-order valence-electron chi connectivity index (χ0n) is 20.8. The number of aryl methyl sites for hydroxylation is 1. The van der Waals surface area contributed by atoms with Crippen LogP contribution in [0.3, 0.4) is 0 Å². The lowest BCUT2D eigenvalue weighted by Gasteiger charge is -2.34. The average molecular weight is 477 g/mol. The summed E-state index contributed by atoms with van der Waals surface area (Å²) in [5, 5.41) is 27.5. The third-order valence-corrected chi connectivity index (χ3v) is 7.61. The second-order valence-corrected chi connectivity index (χ2v) is 11.1. The molecule has 1 unspecified atom stereocenters. The third-order valence-electron chi connectivity index (χ3n) is 6.82. The molecule has 1 aliphatic rings. The van der Waals surface area contributed by atoms with Gasteiger partial charge in [0.05, 0.1) is 40.8 Å². The number of nitrogens with zero attached hydrogens (tertiary/aromatic N) is 1. The monoisotopic (exact) mass is 476 g/mol. The fourth-order valence-electron chi connectivity index (χ4n) is 4.30. The summed E-state index contributed by atoms with van der Waals surface area (Å²) in [6.45, 7) is 10.9. The van der Waals surface area contributed by atoms with E-state index in [1.54, 1.807) is 32.1 Å². The molecule has 1 aliphatic heterocycles. The number of hydrogen-bond acceptors (Lipinski definition) is 6. The maximum atomic E-state index is 13.1. The van der Waals surface area contributed by atoms with Gasteiger partial charge in [0.2, 0.25) is 5.91 Å². The minimum Gasteiger partial charge on any atom is -0.392 e. The molecule has 6 nitrogen and oxygen atoms in total. The Bertz CT molecular complexity index is 873. The SMILES string of the molecule is C/C(=C\c1csc(C)n1)C1C/C=C/CCC[C@@H](C)[C@@H](O)[C@H](C)C(=O)C(C)(C)[C@@H](O)CC(=O)N1. The van der Waals surface area contributed by atoms with Crippen LogP contribution in [0.5, 0.6) is 0 Å². The number of nitrogens with one attached hydrogen (secondary N) is 1. The maximum absolute atomic E-state index is 13.1. The minimum atomic E-state index is -1.15. The molecular weight excluding hydrogens is 436 g/mol. The highest BCUT2D eigenvalue weighted by Crippen LogP contribution is 2.31. The quantitative estimate of drug-likeness (QED) is 0.548. The fourth-order valence-corrected chi connectivity index (χ4v) is 4.87. The van der Waals surface area contributed by atoms with Crippen LogP contribution in [0.1, 0.15) is 77.4 Å². The molecule has 33 heavy (non-hydrogen) atoms. The summed E-state index contributed by atoms with van der Waals surface area (Å²) in [5.74, 6) is -1.17. The number of hydrogen-bond donors (Lipinski definition) is 3. The number of ketones is 1. The van der Waals surface area contributed by atoms with E-state index in [4.69, 9.17) is 0 Å². The van der Waals surface area contributed by atoms with Crippen LogP contribution < -0.4 is 5.32 Å². The van der Waals surface area contributed by atoms with Crippen LogP contribution in [-0.2, 0) is 9.59 Å². The molecule has 1 aromatic heterocycles. The van der Waals surface area contributed by atoms with Crippen molar-refractivity contribution >= 4 is 29.1 Å². The Labute approximate surface area is 202 Å². The molecule has 2 heterocycles. The first-order valence-corrected chi connectivity index (χ1v) is 12.8. The standard InChI is InChI=1S/C26H40N2O4S/c1-16-11-9-7-8-10-12-21(17(2)13-20-15-33-19(4)27-20)28-23(30)14-22(29)26(5,6)25(32)18(3)24(16)31/h8,10,13,15-16,18,21-22,24,29,31H,7,9,11-12,14H2,1-6H3,(H,28,30)/b10-8+,17-13+/t16-,18+,21?,22+,24-/m1/s1. The molecular formula is C26H40N2O4S. The maximum Gasteiger partial charge on any atom is 0.223 e. The van der Waals surface area contributed by atoms with Crippen LogP contribution in [0.2, 0.25) is 0 Å². The number of thiazole rings is 1. The largest absolute Gasteiger partial charge is 0.392 e. The smallest absolute Gasteiger partial charge is 0.223 e. The summed E-state index contributed by atoms with van der Waals surface area (Å²) in [4.78, 5) is 30.5. The van der Waals surface area contributed by atoms with E-state index in [0.29, 0.717) is 6.42 Å². The lowest BCUT2D eigenvalue weighted by Crippen LogP contribution is -2.47. The third kappa shape index (κ3) is 7.59. The van der Waals surface area contributed by atoms with Gasteiger partial charge in [-0.3, -0.25) is 9.59 Å². The average Bonchev–Trinajstić information content (AvgIpc) is 3.16. The summed E-state index contributed by atoms with van der Waals surface area (Å²) in [5.41, 5.74) is 0.704.